The molecule has 0 aromatic heterocycles. The molecule has 0 aromatic rings. The molecule has 0 saturated carbocycles. The van der Waals surface area contributed by atoms with Crippen molar-refractivity contribution in [1.82, 2.24) is 5.32 Å². The maximum atomic E-state index is 11.8. The molecular formula is C15H27NO6. The van der Waals surface area contributed by atoms with Gasteiger partial charge in [-0.05, 0) is 19.8 Å². The Morgan fingerprint density at radius 1 is 1.09 bits per heavy atom. The number of aliphatic hydroxyl groups is 2. The van der Waals surface area contributed by atoms with Crippen molar-refractivity contribution in [3.05, 3.63) is 0 Å². The molecule has 0 heterocycles. The third kappa shape index (κ3) is 9.46. The van der Waals surface area contributed by atoms with Gasteiger partial charge in [0.05, 0.1) is 12.1 Å². The van der Waals surface area contributed by atoms with E-state index in [2.05, 4.69) is 12.2 Å². The Kier molecular flexibility index (Phi) is 10.4. The highest BCUT2D eigenvalue weighted by molar-refractivity contribution is 5.89. The summed E-state index contributed by atoms with van der Waals surface area (Å²) in [6.07, 6.45) is 0.779. The van der Waals surface area contributed by atoms with Gasteiger partial charge < -0.3 is 20.6 Å². The first-order valence-electron chi connectivity index (χ1n) is 7.68. The number of carboxylic acid groups (broad SMARTS) is 1. The summed E-state index contributed by atoms with van der Waals surface area (Å²) in [6.45, 7) is 3.57. The van der Waals surface area contributed by atoms with Gasteiger partial charge in [0.15, 0.2) is 11.9 Å². The van der Waals surface area contributed by atoms with Crippen LogP contribution < -0.4 is 5.32 Å². The van der Waals surface area contributed by atoms with E-state index in [1.165, 1.54) is 6.92 Å². The van der Waals surface area contributed by atoms with Crippen molar-refractivity contribution in [2.24, 2.45) is 0 Å². The summed E-state index contributed by atoms with van der Waals surface area (Å²) in [6, 6.07) is -0.740. The number of Topliss-reactive ketones (excluding diaryl/α,β-unsaturated/α-hetero) is 1. The molecule has 4 N–H and O–H groups in total. The molecule has 0 rings (SSSR count). The van der Waals surface area contributed by atoms with Crippen molar-refractivity contribution in [1.29, 1.82) is 0 Å². The number of carbonyl (C=O) groups excluding carboxylic acids is 2. The van der Waals surface area contributed by atoms with Crippen LogP contribution in [0.4, 0.5) is 0 Å². The first-order chi connectivity index (χ1) is 10.3. The van der Waals surface area contributed by atoms with Gasteiger partial charge in [0.1, 0.15) is 0 Å². The molecule has 0 aliphatic carbocycles. The summed E-state index contributed by atoms with van der Waals surface area (Å²) in [7, 11) is 0. The second-order valence-electron chi connectivity index (χ2n) is 5.50. The molecule has 0 aliphatic rings. The van der Waals surface area contributed by atoms with Gasteiger partial charge >= 0.3 is 5.97 Å². The summed E-state index contributed by atoms with van der Waals surface area (Å²) < 4.78 is 0. The summed E-state index contributed by atoms with van der Waals surface area (Å²) in [5, 5.41) is 29.7. The maximum Gasteiger partial charge on any atom is 0.332 e. The fraction of sp³-hybridized carbons (Fsp3) is 0.800. The number of hydrogen-bond donors (Lipinski definition) is 4. The van der Waals surface area contributed by atoms with Crippen LogP contribution in [0.25, 0.3) is 0 Å². The lowest BCUT2D eigenvalue weighted by atomic mass is 10.0. The fourth-order valence-electron chi connectivity index (χ4n) is 1.93. The Morgan fingerprint density at radius 2 is 1.73 bits per heavy atom. The summed E-state index contributed by atoms with van der Waals surface area (Å²) >= 11 is 0. The van der Waals surface area contributed by atoms with Crippen molar-refractivity contribution in [3.63, 3.8) is 0 Å². The molecule has 128 valence electrons. The normalized spacial score (nSPS) is 14.9. The van der Waals surface area contributed by atoms with Crippen molar-refractivity contribution in [2.45, 2.75) is 77.0 Å². The molecule has 0 aromatic carbocycles. The predicted octanol–water partition coefficient (Wildman–Crippen LogP) is 0.617. The Balaban J connectivity index is 4.03. The van der Waals surface area contributed by atoms with Crippen LogP contribution in [0.3, 0.4) is 0 Å². The van der Waals surface area contributed by atoms with E-state index in [0.717, 1.165) is 19.3 Å². The number of unbranched alkanes of at least 4 members (excludes halogenated alkanes) is 2. The zero-order chi connectivity index (χ0) is 17.1. The van der Waals surface area contributed by atoms with Crippen LogP contribution in [-0.4, -0.2) is 51.2 Å². The van der Waals surface area contributed by atoms with E-state index < -0.39 is 30.1 Å². The molecule has 0 bridgehead atoms. The average molecular weight is 317 g/mol. The van der Waals surface area contributed by atoms with Crippen LogP contribution >= 0.6 is 0 Å². The van der Waals surface area contributed by atoms with Crippen molar-refractivity contribution < 1.29 is 29.7 Å². The number of aliphatic hydroxyl groups excluding tert-OH is 2. The van der Waals surface area contributed by atoms with E-state index in [1.54, 1.807) is 0 Å². The van der Waals surface area contributed by atoms with Crippen LogP contribution in [0.15, 0.2) is 0 Å². The number of ketones is 1. The smallest absolute Gasteiger partial charge is 0.332 e. The largest absolute Gasteiger partial charge is 0.479 e. The average Bonchev–Trinajstić information content (AvgIpc) is 2.44. The van der Waals surface area contributed by atoms with Crippen LogP contribution in [0, 0.1) is 0 Å². The minimum atomic E-state index is -1.59. The number of aliphatic carboxylic acids is 1. The van der Waals surface area contributed by atoms with Gasteiger partial charge in [0.2, 0.25) is 5.91 Å². The van der Waals surface area contributed by atoms with E-state index in [9.17, 15) is 19.5 Å². The van der Waals surface area contributed by atoms with E-state index in [0.29, 0.717) is 6.42 Å². The Hall–Kier alpha value is -1.47. The molecule has 0 fully saturated rings. The second kappa shape index (κ2) is 11.1. The second-order valence-corrected chi connectivity index (χ2v) is 5.50. The Labute approximate surface area is 130 Å². The monoisotopic (exact) mass is 317 g/mol. The lowest BCUT2D eigenvalue weighted by Gasteiger charge is -2.16. The lowest BCUT2D eigenvalue weighted by Crippen LogP contribution is -2.40. The quantitative estimate of drug-likeness (QED) is 0.391. The van der Waals surface area contributed by atoms with E-state index in [1.807, 2.05) is 0 Å². The number of carbonyl (C=O) groups is 3. The van der Waals surface area contributed by atoms with Crippen molar-refractivity contribution in [3.8, 4) is 0 Å². The van der Waals surface area contributed by atoms with E-state index >= 15 is 0 Å². The van der Waals surface area contributed by atoms with E-state index in [-0.39, 0.29) is 25.0 Å². The first kappa shape index (κ1) is 20.5. The van der Waals surface area contributed by atoms with Gasteiger partial charge in [-0.3, -0.25) is 9.59 Å². The summed E-state index contributed by atoms with van der Waals surface area (Å²) in [5.41, 5.74) is 0. The number of rotatable bonds is 12. The number of amides is 1. The molecule has 0 radical (unpaired) electrons. The van der Waals surface area contributed by atoms with E-state index in [4.69, 9.17) is 10.2 Å². The molecule has 1 amide bonds. The van der Waals surface area contributed by atoms with Gasteiger partial charge in [0, 0.05) is 12.8 Å². The molecule has 0 aliphatic heterocycles. The van der Waals surface area contributed by atoms with Gasteiger partial charge in [-0.1, -0.05) is 26.2 Å². The van der Waals surface area contributed by atoms with Crippen LogP contribution in [0.1, 0.15) is 58.8 Å². The highest BCUT2D eigenvalue weighted by atomic mass is 16.4. The number of hydrogen-bond acceptors (Lipinski definition) is 5. The predicted molar refractivity (Wildman–Crippen MR) is 80.3 cm³/mol. The summed E-state index contributed by atoms with van der Waals surface area (Å²) in [4.78, 5) is 33.8. The third-order valence-electron chi connectivity index (χ3n) is 3.37. The zero-order valence-electron chi connectivity index (χ0n) is 13.2. The van der Waals surface area contributed by atoms with Gasteiger partial charge in [-0.2, -0.15) is 0 Å². The van der Waals surface area contributed by atoms with Crippen molar-refractivity contribution in [2.75, 3.05) is 0 Å². The molecule has 22 heavy (non-hydrogen) atoms. The third-order valence-corrected chi connectivity index (χ3v) is 3.37. The molecular weight excluding hydrogens is 290 g/mol. The molecule has 7 heteroatoms. The fourth-order valence-corrected chi connectivity index (χ4v) is 1.93. The van der Waals surface area contributed by atoms with Gasteiger partial charge in [-0.25, -0.2) is 4.79 Å². The van der Waals surface area contributed by atoms with Gasteiger partial charge in [0.25, 0.3) is 0 Å². The van der Waals surface area contributed by atoms with Crippen molar-refractivity contribution >= 4 is 17.7 Å². The molecule has 0 saturated heterocycles. The molecule has 3 unspecified atom stereocenters. The molecule has 3 atom stereocenters. The maximum absolute atomic E-state index is 11.8. The Bertz CT molecular complexity index is 371. The topological polar surface area (TPSA) is 124 Å². The number of nitrogens with one attached hydrogen (secondary N) is 1. The summed E-state index contributed by atoms with van der Waals surface area (Å²) in [5.74, 6) is -2.15. The number of carboxylic acids is 1. The molecule has 0 spiro atoms. The lowest BCUT2D eigenvalue weighted by molar-refractivity contribution is -0.147. The van der Waals surface area contributed by atoms with Gasteiger partial charge in [-0.15, -0.1) is 0 Å². The highest BCUT2D eigenvalue weighted by Crippen LogP contribution is 2.08. The van der Waals surface area contributed by atoms with Crippen LogP contribution in [-0.2, 0) is 14.4 Å². The SMILES string of the molecule is CCCCCC(O)CC(=O)C(C)NC(=O)CCC(O)C(=O)O. The zero-order valence-corrected chi connectivity index (χ0v) is 13.2. The molecule has 7 nitrogen and oxygen atoms in total. The highest BCUT2D eigenvalue weighted by Gasteiger charge is 2.20. The Morgan fingerprint density at radius 3 is 2.27 bits per heavy atom. The minimum Gasteiger partial charge on any atom is -0.479 e. The standard InChI is InChI=1S/C15H27NO6/c1-3-4-5-6-11(17)9-13(19)10(2)16-14(20)8-7-12(18)15(21)22/h10-12,17-18H,3-9H2,1-2H3,(H,16,20)(H,21,22). The first-order valence-corrected chi connectivity index (χ1v) is 7.68. The van der Waals surface area contributed by atoms with Crippen LogP contribution in [0.5, 0.6) is 0 Å². The minimum absolute atomic E-state index is 0.0110. The van der Waals surface area contributed by atoms with Crippen LogP contribution in [0.2, 0.25) is 0 Å².